The third kappa shape index (κ3) is 5.95. The molecule has 4 nitrogen and oxygen atoms in total. The topological polar surface area (TPSA) is 64.4 Å². The lowest BCUT2D eigenvalue weighted by Gasteiger charge is -2.20. The number of hydrogen-bond donors (Lipinski definition) is 2. The van der Waals surface area contributed by atoms with Crippen molar-refractivity contribution in [1.82, 2.24) is 5.32 Å². The highest BCUT2D eigenvalue weighted by molar-refractivity contribution is 5.85. The number of benzene rings is 1. The Bertz CT molecular complexity index is 457. The van der Waals surface area contributed by atoms with E-state index in [-0.39, 0.29) is 42.9 Å². The number of carbonyl (C=O) groups excluding carboxylic acids is 1. The molecule has 1 aromatic rings. The fourth-order valence-electron chi connectivity index (χ4n) is 1.90. The largest absolute Gasteiger partial charge is 0.380 e. The minimum atomic E-state index is -0.575. The Kier molecular flexibility index (Phi) is 9.08. The first-order chi connectivity index (χ1) is 9.51. The number of ether oxygens (including phenoxy) is 1. The predicted octanol–water partition coefficient (Wildman–Crippen LogP) is 2.32. The molecule has 2 unspecified atom stereocenters. The molecule has 3 N–H and O–H groups in total. The van der Waals surface area contributed by atoms with Crippen LogP contribution in [0.25, 0.3) is 0 Å². The SMILES string of the molecule is CCC(NC(=O)CC(CN)OC)c1cc(F)ccc1F.Cl. The maximum absolute atomic E-state index is 13.7. The fraction of sp³-hybridized carbons (Fsp3) is 0.500. The number of hydrogen-bond acceptors (Lipinski definition) is 3. The molecule has 0 spiro atoms. The van der Waals surface area contributed by atoms with Crippen LogP contribution in [0.15, 0.2) is 18.2 Å². The molecule has 0 bridgehead atoms. The van der Waals surface area contributed by atoms with E-state index in [0.29, 0.717) is 6.42 Å². The van der Waals surface area contributed by atoms with E-state index in [4.69, 9.17) is 10.5 Å². The minimum absolute atomic E-state index is 0. The van der Waals surface area contributed by atoms with Gasteiger partial charge in [0.2, 0.25) is 5.91 Å². The summed E-state index contributed by atoms with van der Waals surface area (Å²) in [7, 11) is 1.47. The zero-order valence-electron chi connectivity index (χ0n) is 12.1. The van der Waals surface area contributed by atoms with Gasteiger partial charge in [0, 0.05) is 19.2 Å². The van der Waals surface area contributed by atoms with Crippen molar-refractivity contribution in [2.45, 2.75) is 31.9 Å². The van der Waals surface area contributed by atoms with Gasteiger partial charge in [0.05, 0.1) is 18.6 Å². The van der Waals surface area contributed by atoms with Crippen LogP contribution in [0.2, 0.25) is 0 Å². The average Bonchev–Trinajstić information content (AvgIpc) is 2.45. The highest BCUT2D eigenvalue weighted by Crippen LogP contribution is 2.21. The smallest absolute Gasteiger partial charge is 0.223 e. The zero-order chi connectivity index (χ0) is 15.1. The molecule has 0 saturated carbocycles. The predicted molar refractivity (Wildman–Crippen MR) is 79.2 cm³/mol. The highest BCUT2D eigenvalue weighted by atomic mass is 35.5. The maximum atomic E-state index is 13.7. The Labute approximate surface area is 129 Å². The number of amides is 1. The minimum Gasteiger partial charge on any atom is -0.380 e. The first-order valence-corrected chi connectivity index (χ1v) is 6.49. The molecule has 2 atom stereocenters. The fourth-order valence-corrected chi connectivity index (χ4v) is 1.90. The molecular formula is C14H21ClF2N2O2. The van der Waals surface area contributed by atoms with Gasteiger partial charge >= 0.3 is 0 Å². The van der Waals surface area contributed by atoms with E-state index in [0.717, 1.165) is 18.2 Å². The highest BCUT2D eigenvalue weighted by Gasteiger charge is 2.19. The van der Waals surface area contributed by atoms with Crippen molar-refractivity contribution in [2.24, 2.45) is 5.73 Å². The van der Waals surface area contributed by atoms with Crippen molar-refractivity contribution >= 4 is 18.3 Å². The summed E-state index contributed by atoms with van der Waals surface area (Å²) in [5, 5.41) is 2.67. The number of nitrogens with one attached hydrogen (secondary N) is 1. The van der Waals surface area contributed by atoms with Crippen LogP contribution < -0.4 is 11.1 Å². The first kappa shape index (κ1) is 19.8. The monoisotopic (exact) mass is 322 g/mol. The molecule has 0 aliphatic heterocycles. The van der Waals surface area contributed by atoms with Crippen molar-refractivity contribution in [2.75, 3.05) is 13.7 Å². The third-order valence-corrected chi connectivity index (χ3v) is 3.09. The van der Waals surface area contributed by atoms with Crippen LogP contribution >= 0.6 is 12.4 Å². The molecule has 0 radical (unpaired) electrons. The molecule has 1 amide bonds. The van der Waals surface area contributed by atoms with Crippen LogP contribution in [0.3, 0.4) is 0 Å². The molecule has 1 rings (SSSR count). The van der Waals surface area contributed by atoms with Crippen molar-refractivity contribution in [1.29, 1.82) is 0 Å². The van der Waals surface area contributed by atoms with Crippen molar-refractivity contribution in [3.63, 3.8) is 0 Å². The zero-order valence-corrected chi connectivity index (χ0v) is 12.9. The van der Waals surface area contributed by atoms with Gasteiger partial charge in [0.1, 0.15) is 11.6 Å². The molecule has 0 fully saturated rings. The molecule has 1 aromatic carbocycles. The van der Waals surface area contributed by atoms with Crippen molar-refractivity contribution in [3.05, 3.63) is 35.4 Å². The number of rotatable bonds is 7. The molecule has 7 heteroatoms. The van der Waals surface area contributed by atoms with Crippen LogP contribution in [0.4, 0.5) is 8.78 Å². The molecule has 120 valence electrons. The normalized spacial score (nSPS) is 13.2. The van der Waals surface area contributed by atoms with Gasteiger partial charge in [0.25, 0.3) is 0 Å². The standard InChI is InChI=1S/C14H20F2N2O2.ClH/c1-3-13(11-6-9(15)4-5-12(11)16)18-14(19)7-10(8-17)20-2;/h4-6,10,13H,3,7-8,17H2,1-2H3,(H,18,19);1H. The van der Waals surface area contributed by atoms with Gasteiger partial charge < -0.3 is 15.8 Å². The summed E-state index contributed by atoms with van der Waals surface area (Å²) < 4.78 is 31.9. The summed E-state index contributed by atoms with van der Waals surface area (Å²) in [4.78, 5) is 11.8. The van der Waals surface area contributed by atoms with Crippen LogP contribution in [0.1, 0.15) is 31.4 Å². The molecular weight excluding hydrogens is 302 g/mol. The molecule has 21 heavy (non-hydrogen) atoms. The maximum Gasteiger partial charge on any atom is 0.223 e. The van der Waals surface area contributed by atoms with Crippen LogP contribution in [-0.4, -0.2) is 25.7 Å². The molecule has 0 aromatic heterocycles. The number of nitrogens with two attached hydrogens (primary N) is 1. The van der Waals surface area contributed by atoms with Crippen molar-refractivity contribution < 1.29 is 18.3 Å². The lowest BCUT2D eigenvalue weighted by molar-refractivity contribution is -0.124. The van der Waals surface area contributed by atoms with Gasteiger partial charge in [-0.15, -0.1) is 12.4 Å². The molecule has 0 heterocycles. The van der Waals surface area contributed by atoms with Crippen LogP contribution in [0.5, 0.6) is 0 Å². The summed E-state index contributed by atoms with van der Waals surface area (Å²) in [5.41, 5.74) is 5.58. The Balaban J connectivity index is 0.00000400. The van der Waals surface area contributed by atoms with E-state index in [1.807, 2.05) is 0 Å². The summed E-state index contributed by atoms with van der Waals surface area (Å²) in [6, 6.07) is 2.62. The quantitative estimate of drug-likeness (QED) is 0.809. The van der Waals surface area contributed by atoms with Gasteiger partial charge in [-0.2, -0.15) is 0 Å². The summed E-state index contributed by atoms with van der Waals surface area (Å²) in [5.74, 6) is -1.38. The third-order valence-electron chi connectivity index (χ3n) is 3.09. The second kappa shape index (κ2) is 9.65. The van der Waals surface area contributed by atoms with Gasteiger partial charge in [0.15, 0.2) is 0 Å². The summed E-state index contributed by atoms with van der Waals surface area (Å²) >= 11 is 0. The van der Waals surface area contributed by atoms with Gasteiger partial charge in [-0.25, -0.2) is 8.78 Å². The summed E-state index contributed by atoms with van der Waals surface area (Å²) in [6.45, 7) is 2.00. The second-order valence-corrected chi connectivity index (χ2v) is 4.49. The Hall–Kier alpha value is -1.24. The van der Waals surface area contributed by atoms with Crippen LogP contribution in [-0.2, 0) is 9.53 Å². The molecule has 0 saturated heterocycles. The van der Waals surface area contributed by atoms with E-state index < -0.39 is 17.7 Å². The van der Waals surface area contributed by atoms with Gasteiger partial charge in [-0.3, -0.25) is 4.79 Å². The van der Waals surface area contributed by atoms with E-state index in [1.54, 1.807) is 6.92 Å². The Morgan fingerprint density at radius 2 is 2.10 bits per heavy atom. The second-order valence-electron chi connectivity index (χ2n) is 4.49. The van der Waals surface area contributed by atoms with E-state index in [1.165, 1.54) is 7.11 Å². The number of carbonyl (C=O) groups is 1. The van der Waals surface area contributed by atoms with Gasteiger partial charge in [-0.1, -0.05) is 6.92 Å². The number of halogens is 3. The first-order valence-electron chi connectivity index (χ1n) is 6.49. The van der Waals surface area contributed by atoms with Crippen LogP contribution in [0, 0.1) is 11.6 Å². The van der Waals surface area contributed by atoms with E-state index >= 15 is 0 Å². The Morgan fingerprint density at radius 3 is 2.62 bits per heavy atom. The lowest BCUT2D eigenvalue weighted by Crippen LogP contribution is -2.34. The lowest BCUT2D eigenvalue weighted by atomic mass is 10.0. The summed E-state index contributed by atoms with van der Waals surface area (Å²) in [6.07, 6.45) is 0.150. The van der Waals surface area contributed by atoms with Crippen molar-refractivity contribution in [3.8, 4) is 0 Å². The van der Waals surface area contributed by atoms with Gasteiger partial charge in [-0.05, 0) is 24.6 Å². The Morgan fingerprint density at radius 1 is 1.43 bits per heavy atom. The van der Waals surface area contributed by atoms with E-state index in [2.05, 4.69) is 5.32 Å². The molecule has 0 aliphatic rings. The average molecular weight is 323 g/mol. The number of methoxy groups -OCH3 is 1. The molecule has 0 aliphatic carbocycles. The van der Waals surface area contributed by atoms with E-state index in [9.17, 15) is 13.6 Å².